The molecule has 1 aliphatic rings. The van der Waals surface area contributed by atoms with E-state index in [9.17, 15) is 4.79 Å². The summed E-state index contributed by atoms with van der Waals surface area (Å²) in [7, 11) is 0. The smallest absolute Gasteiger partial charge is 0.245 e. The summed E-state index contributed by atoms with van der Waals surface area (Å²) in [4.78, 5) is 16.6. The van der Waals surface area contributed by atoms with Gasteiger partial charge in [-0.1, -0.05) is 57.2 Å². The van der Waals surface area contributed by atoms with E-state index in [1.165, 1.54) is 5.56 Å². The molecule has 1 saturated carbocycles. The number of nitrogens with zero attached hydrogens (tertiary/aromatic N) is 2. The number of hydrazone groups is 1. The lowest BCUT2D eigenvalue weighted by atomic mass is 9.86. The number of carbonyl (C=O) groups excluding carboxylic acids is 1. The standard InChI is InChI=1S/C24H26N4O/c1-23(2,3)19-6-8-20(9-7-19)24(25)13-21(24)22(29)28-27-14-16-4-5-18-15-26-11-10-17(18)12-16/h4-12,14-15,21H,13,25H2,1-3H3,(H,28,29)/b27-14+. The second-order valence-electron chi connectivity index (χ2n) is 8.84. The molecule has 3 aromatic rings. The van der Waals surface area contributed by atoms with Crippen molar-refractivity contribution in [3.63, 3.8) is 0 Å². The summed E-state index contributed by atoms with van der Waals surface area (Å²) in [5.41, 5.74) is 11.8. The van der Waals surface area contributed by atoms with Crippen LogP contribution in [0.15, 0.2) is 66.0 Å². The summed E-state index contributed by atoms with van der Waals surface area (Å²) < 4.78 is 0. The predicted octanol–water partition coefficient (Wildman–Crippen LogP) is 3.86. The van der Waals surface area contributed by atoms with Crippen molar-refractivity contribution < 1.29 is 4.79 Å². The van der Waals surface area contributed by atoms with E-state index < -0.39 is 5.54 Å². The molecule has 1 amide bonds. The van der Waals surface area contributed by atoms with E-state index in [-0.39, 0.29) is 17.2 Å². The Bertz CT molecular complexity index is 1080. The second-order valence-corrected chi connectivity index (χ2v) is 8.84. The van der Waals surface area contributed by atoms with Crippen molar-refractivity contribution in [3.8, 4) is 0 Å². The molecule has 1 heterocycles. The first-order valence-electron chi connectivity index (χ1n) is 9.84. The molecule has 2 unspecified atom stereocenters. The minimum absolute atomic E-state index is 0.0919. The first-order chi connectivity index (χ1) is 13.8. The van der Waals surface area contributed by atoms with Gasteiger partial charge in [-0.15, -0.1) is 0 Å². The van der Waals surface area contributed by atoms with Gasteiger partial charge in [0.15, 0.2) is 0 Å². The van der Waals surface area contributed by atoms with Crippen molar-refractivity contribution in [2.75, 3.05) is 0 Å². The molecule has 4 rings (SSSR count). The van der Waals surface area contributed by atoms with E-state index in [1.54, 1.807) is 12.4 Å². The Morgan fingerprint density at radius 2 is 1.93 bits per heavy atom. The molecule has 0 bridgehead atoms. The summed E-state index contributed by atoms with van der Waals surface area (Å²) in [6, 6.07) is 16.2. The van der Waals surface area contributed by atoms with Gasteiger partial charge in [0.05, 0.1) is 17.7 Å². The highest BCUT2D eigenvalue weighted by molar-refractivity contribution is 5.91. The molecule has 3 N–H and O–H groups in total. The van der Waals surface area contributed by atoms with E-state index in [4.69, 9.17) is 5.73 Å². The lowest BCUT2D eigenvalue weighted by Gasteiger charge is -2.20. The number of pyridine rings is 1. The minimum Gasteiger partial charge on any atom is -0.321 e. The lowest BCUT2D eigenvalue weighted by molar-refractivity contribution is -0.122. The molecule has 1 aromatic heterocycles. The molecule has 5 nitrogen and oxygen atoms in total. The highest BCUT2D eigenvalue weighted by Gasteiger charge is 2.56. The van der Waals surface area contributed by atoms with Crippen molar-refractivity contribution in [1.82, 2.24) is 10.4 Å². The monoisotopic (exact) mass is 386 g/mol. The van der Waals surface area contributed by atoms with Crippen LogP contribution in [0.25, 0.3) is 10.8 Å². The summed E-state index contributed by atoms with van der Waals surface area (Å²) >= 11 is 0. The van der Waals surface area contributed by atoms with Gasteiger partial charge in [-0.05, 0) is 46.0 Å². The van der Waals surface area contributed by atoms with Crippen LogP contribution >= 0.6 is 0 Å². The molecule has 0 spiro atoms. The van der Waals surface area contributed by atoms with Gasteiger partial charge in [0, 0.05) is 17.8 Å². The van der Waals surface area contributed by atoms with Gasteiger partial charge in [0.1, 0.15) is 0 Å². The zero-order chi connectivity index (χ0) is 20.6. The van der Waals surface area contributed by atoms with E-state index in [1.807, 2.05) is 42.6 Å². The third kappa shape index (κ3) is 3.91. The topological polar surface area (TPSA) is 80.4 Å². The van der Waals surface area contributed by atoms with Gasteiger partial charge < -0.3 is 5.73 Å². The van der Waals surface area contributed by atoms with Crippen molar-refractivity contribution in [3.05, 3.63) is 77.6 Å². The first-order valence-corrected chi connectivity index (χ1v) is 9.84. The predicted molar refractivity (Wildman–Crippen MR) is 117 cm³/mol. The van der Waals surface area contributed by atoms with Crippen LogP contribution in [0.2, 0.25) is 0 Å². The van der Waals surface area contributed by atoms with Crippen molar-refractivity contribution in [2.24, 2.45) is 16.8 Å². The number of benzene rings is 2. The molecule has 0 saturated heterocycles. The second kappa shape index (κ2) is 7.08. The van der Waals surface area contributed by atoms with E-state index in [2.05, 4.69) is 48.4 Å². The largest absolute Gasteiger partial charge is 0.321 e. The number of hydrogen-bond donors (Lipinski definition) is 2. The average Bonchev–Trinajstić information content (AvgIpc) is 3.40. The molecule has 1 fully saturated rings. The zero-order valence-electron chi connectivity index (χ0n) is 17.0. The zero-order valence-corrected chi connectivity index (χ0v) is 17.0. The highest BCUT2D eigenvalue weighted by atomic mass is 16.2. The molecule has 2 atom stereocenters. The Morgan fingerprint density at radius 3 is 2.66 bits per heavy atom. The van der Waals surface area contributed by atoms with Crippen molar-refractivity contribution >= 4 is 22.9 Å². The SMILES string of the molecule is CC(C)(C)c1ccc(C2(N)CC2C(=O)N/N=C/c2ccc3cnccc3c2)cc1. The molecule has 0 radical (unpaired) electrons. The van der Waals surface area contributed by atoms with Crippen LogP contribution in [0.1, 0.15) is 43.9 Å². The number of amides is 1. The van der Waals surface area contributed by atoms with Gasteiger partial charge in [0.25, 0.3) is 0 Å². The van der Waals surface area contributed by atoms with E-state index in [0.717, 1.165) is 21.9 Å². The molecule has 5 heteroatoms. The van der Waals surface area contributed by atoms with Gasteiger partial charge in [-0.25, -0.2) is 5.43 Å². The van der Waals surface area contributed by atoms with Gasteiger partial charge in [-0.3, -0.25) is 9.78 Å². The number of aromatic nitrogens is 1. The van der Waals surface area contributed by atoms with Crippen molar-refractivity contribution in [2.45, 2.75) is 38.1 Å². The number of carbonyl (C=O) groups is 1. The third-order valence-corrected chi connectivity index (χ3v) is 5.66. The number of nitrogens with one attached hydrogen (secondary N) is 1. The Hall–Kier alpha value is -3.05. The van der Waals surface area contributed by atoms with Crippen LogP contribution in [0.3, 0.4) is 0 Å². The normalized spacial score (nSPS) is 21.4. The number of hydrogen-bond acceptors (Lipinski definition) is 4. The van der Waals surface area contributed by atoms with Crippen LogP contribution < -0.4 is 11.2 Å². The van der Waals surface area contributed by atoms with Gasteiger partial charge in [-0.2, -0.15) is 5.10 Å². The van der Waals surface area contributed by atoms with Crippen molar-refractivity contribution in [1.29, 1.82) is 0 Å². The van der Waals surface area contributed by atoms with E-state index >= 15 is 0 Å². The van der Waals surface area contributed by atoms with Crippen LogP contribution in [0.5, 0.6) is 0 Å². The molecular formula is C24H26N4O. The van der Waals surface area contributed by atoms with Crippen LogP contribution in [-0.4, -0.2) is 17.1 Å². The summed E-state index contributed by atoms with van der Waals surface area (Å²) in [5, 5.41) is 6.27. The Morgan fingerprint density at radius 1 is 1.17 bits per heavy atom. The lowest BCUT2D eigenvalue weighted by Crippen LogP contribution is -2.30. The number of fused-ring (bicyclic) bond motifs is 1. The number of rotatable bonds is 4. The molecule has 29 heavy (non-hydrogen) atoms. The molecular weight excluding hydrogens is 360 g/mol. The maximum atomic E-state index is 12.5. The summed E-state index contributed by atoms with van der Waals surface area (Å²) in [6.45, 7) is 6.54. The number of nitrogens with two attached hydrogens (primary N) is 1. The first kappa shape index (κ1) is 19.3. The molecule has 148 valence electrons. The molecule has 0 aliphatic heterocycles. The van der Waals surface area contributed by atoms with Gasteiger partial charge in [0.2, 0.25) is 5.91 Å². The molecule has 2 aromatic carbocycles. The Balaban J connectivity index is 1.39. The Kier molecular flexibility index (Phi) is 4.71. The fraction of sp³-hybridized carbons (Fsp3) is 0.292. The average molecular weight is 386 g/mol. The highest BCUT2D eigenvalue weighted by Crippen LogP contribution is 2.49. The summed E-state index contributed by atoms with van der Waals surface area (Å²) in [6.07, 6.45) is 5.86. The third-order valence-electron chi connectivity index (χ3n) is 5.66. The minimum atomic E-state index is -0.605. The van der Waals surface area contributed by atoms with Crippen LogP contribution in [0.4, 0.5) is 0 Å². The fourth-order valence-corrected chi connectivity index (χ4v) is 3.64. The quantitative estimate of drug-likeness (QED) is 0.528. The molecule has 1 aliphatic carbocycles. The van der Waals surface area contributed by atoms with Gasteiger partial charge >= 0.3 is 0 Å². The fourth-order valence-electron chi connectivity index (χ4n) is 3.64. The maximum Gasteiger partial charge on any atom is 0.245 e. The summed E-state index contributed by atoms with van der Waals surface area (Å²) in [5.74, 6) is -0.406. The Labute approximate surface area is 171 Å². The van der Waals surface area contributed by atoms with E-state index in [0.29, 0.717) is 6.42 Å². The maximum absolute atomic E-state index is 12.5. The van der Waals surface area contributed by atoms with Crippen LogP contribution in [-0.2, 0) is 15.7 Å². The van der Waals surface area contributed by atoms with Crippen LogP contribution in [0, 0.1) is 5.92 Å².